The van der Waals surface area contributed by atoms with E-state index in [2.05, 4.69) is 25.1 Å². The maximum atomic E-state index is 6.03. The van der Waals surface area contributed by atoms with E-state index in [0.29, 0.717) is 11.9 Å². The molecule has 1 aromatic heterocycles. The fraction of sp³-hybridized carbons (Fsp3) is 0.778. The van der Waals surface area contributed by atoms with Crippen LogP contribution in [0.25, 0.3) is 0 Å². The van der Waals surface area contributed by atoms with E-state index in [1.54, 1.807) is 0 Å². The molecule has 0 bridgehead atoms. The number of morpholine rings is 1. The molecule has 0 amide bonds. The van der Waals surface area contributed by atoms with Crippen LogP contribution in [0.1, 0.15) is 24.1 Å². The Kier molecular flexibility index (Phi) is 5.33. The Hall–Kier alpha value is -1.44. The van der Waals surface area contributed by atoms with Crippen LogP contribution < -0.4 is 16.0 Å². The van der Waals surface area contributed by atoms with Crippen molar-refractivity contribution in [3.05, 3.63) is 11.3 Å². The monoisotopic (exact) mass is 346 g/mol. The number of hydrogen-bond donors (Lipinski definition) is 2. The van der Waals surface area contributed by atoms with Crippen molar-refractivity contribution in [2.75, 3.05) is 69.7 Å². The van der Waals surface area contributed by atoms with Gasteiger partial charge in [-0.25, -0.2) is 4.98 Å². The third kappa shape index (κ3) is 4.04. The normalized spacial score (nSPS) is 25.4. The summed E-state index contributed by atoms with van der Waals surface area (Å²) in [7, 11) is 0. The molecule has 1 unspecified atom stereocenters. The molecule has 7 nitrogen and oxygen atoms in total. The third-order valence-corrected chi connectivity index (χ3v) is 5.62. The van der Waals surface area contributed by atoms with Crippen LogP contribution in [0.15, 0.2) is 0 Å². The van der Waals surface area contributed by atoms with Gasteiger partial charge in [-0.15, -0.1) is 0 Å². The van der Waals surface area contributed by atoms with Crippen LogP contribution in [0.3, 0.4) is 0 Å². The lowest BCUT2D eigenvalue weighted by molar-refractivity contribution is 0.0296. The maximum absolute atomic E-state index is 6.03. The standard InChI is InChI=1S/C18H30N6O/c19-18-21-16-4-6-20-5-3-15(16)17(22-18)24-7-1-2-14(13-24)12-23-8-10-25-11-9-23/h14,20H,1-13H2,(H2,19,21,22). The first-order valence-corrected chi connectivity index (χ1v) is 9.70. The minimum Gasteiger partial charge on any atom is -0.379 e. The summed E-state index contributed by atoms with van der Waals surface area (Å²) < 4.78 is 5.48. The Morgan fingerprint density at radius 3 is 2.84 bits per heavy atom. The summed E-state index contributed by atoms with van der Waals surface area (Å²) in [6.45, 7) is 9.18. The topological polar surface area (TPSA) is 79.5 Å². The van der Waals surface area contributed by atoms with Gasteiger partial charge in [-0.05, 0) is 31.7 Å². The Morgan fingerprint density at radius 2 is 1.96 bits per heavy atom. The zero-order chi connectivity index (χ0) is 17.1. The molecule has 0 spiro atoms. The lowest BCUT2D eigenvalue weighted by Crippen LogP contribution is -2.45. The average Bonchev–Trinajstić information content (AvgIpc) is 2.87. The van der Waals surface area contributed by atoms with Gasteiger partial charge in [0.05, 0.1) is 18.9 Å². The number of ether oxygens (including phenoxy) is 1. The number of rotatable bonds is 3. The van der Waals surface area contributed by atoms with Gasteiger partial charge < -0.3 is 20.7 Å². The first-order valence-electron chi connectivity index (χ1n) is 9.70. The molecule has 25 heavy (non-hydrogen) atoms. The first-order chi connectivity index (χ1) is 12.3. The number of nitrogens with one attached hydrogen (secondary N) is 1. The van der Waals surface area contributed by atoms with Crippen LogP contribution in [0.4, 0.5) is 11.8 Å². The van der Waals surface area contributed by atoms with Crippen LogP contribution >= 0.6 is 0 Å². The van der Waals surface area contributed by atoms with Crippen LogP contribution in [0, 0.1) is 5.92 Å². The Balaban J connectivity index is 1.50. The number of fused-ring (bicyclic) bond motifs is 1. The number of piperidine rings is 1. The van der Waals surface area contributed by atoms with E-state index in [1.807, 2.05) is 0 Å². The highest BCUT2D eigenvalue weighted by Crippen LogP contribution is 2.28. The van der Waals surface area contributed by atoms with E-state index < -0.39 is 0 Å². The van der Waals surface area contributed by atoms with Crippen molar-refractivity contribution >= 4 is 11.8 Å². The van der Waals surface area contributed by atoms with Crippen molar-refractivity contribution in [3.8, 4) is 0 Å². The number of nitrogens with zero attached hydrogens (tertiary/aromatic N) is 4. The van der Waals surface area contributed by atoms with Crippen molar-refractivity contribution in [1.82, 2.24) is 20.2 Å². The molecule has 7 heteroatoms. The zero-order valence-corrected chi connectivity index (χ0v) is 15.0. The van der Waals surface area contributed by atoms with E-state index >= 15 is 0 Å². The summed E-state index contributed by atoms with van der Waals surface area (Å²) in [6, 6.07) is 0. The van der Waals surface area contributed by atoms with Crippen LogP contribution in [-0.4, -0.2) is 73.9 Å². The minimum atomic E-state index is 0.422. The second-order valence-electron chi connectivity index (χ2n) is 7.45. The van der Waals surface area contributed by atoms with Crippen molar-refractivity contribution in [2.24, 2.45) is 5.92 Å². The molecule has 0 aliphatic carbocycles. The Labute approximate surface area is 149 Å². The van der Waals surface area contributed by atoms with E-state index in [9.17, 15) is 0 Å². The van der Waals surface area contributed by atoms with Crippen LogP contribution in [-0.2, 0) is 17.6 Å². The van der Waals surface area contributed by atoms with Crippen LogP contribution in [0.2, 0.25) is 0 Å². The summed E-state index contributed by atoms with van der Waals surface area (Å²) in [4.78, 5) is 14.2. The molecule has 4 rings (SSSR count). The quantitative estimate of drug-likeness (QED) is 0.815. The van der Waals surface area contributed by atoms with Gasteiger partial charge in [-0.1, -0.05) is 0 Å². The molecule has 3 aliphatic heterocycles. The van der Waals surface area contributed by atoms with Gasteiger partial charge in [0.15, 0.2) is 0 Å². The number of nitrogens with two attached hydrogens (primary N) is 1. The van der Waals surface area contributed by atoms with E-state index in [1.165, 1.54) is 24.9 Å². The fourth-order valence-electron chi connectivity index (χ4n) is 4.36. The van der Waals surface area contributed by atoms with Gasteiger partial charge in [0.25, 0.3) is 0 Å². The fourth-order valence-corrected chi connectivity index (χ4v) is 4.36. The summed E-state index contributed by atoms with van der Waals surface area (Å²) in [5.41, 5.74) is 8.49. The molecule has 0 saturated carbocycles. The Bertz CT molecular complexity index is 589. The largest absolute Gasteiger partial charge is 0.379 e. The molecule has 1 atom stereocenters. The molecule has 0 radical (unpaired) electrons. The van der Waals surface area contributed by atoms with Crippen LogP contribution in [0.5, 0.6) is 0 Å². The second-order valence-corrected chi connectivity index (χ2v) is 7.45. The molecular formula is C18H30N6O. The summed E-state index contributed by atoms with van der Waals surface area (Å²) >= 11 is 0. The van der Waals surface area contributed by atoms with Gasteiger partial charge in [0.1, 0.15) is 5.82 Å². The average molecular weight is 346 g/mol. The van der Waals surface area contributed by atoms with E-state index in [0.717, 1.165) is 76.8 Å². The Morgan fingerprint density at radius 1 is 1.12 bits per heavy atom. The number of nitrogen functional groups attached to an aromatic ring is 1. The highest BCUT2D eigenvalue weighted by Gasteiger charge is 2.27. The van der Waals surface area contributed by atoms with Crippen molar-refractivity contribution in [1.29, 1.82) is 0 Å². The lowest BCUT2D eigenvalue weighted by atomic mass is 9.96. The molecule has 3 N–H and O–H groups in total. The summed E-state index contributed by atoms with van der Waals surface area (Å²) in [6.07, 6.45) is 4.47. The number of hydrogen-bond acceptors (Lipinski definition) is 7. The molecule has 1 aromatic rings. The molecule has 138 valence electrons. The molecular weight excluding hydrogens is 316 g/mol. The smallest absolute Gasteiger partial charge is 0.222 e. The van der Waals surface area contributed by atoms with Crippen molar-refractivity contribution in [2.45, 2.75) is 25.7 Å². The predicted octanol–water partition coefficient (Wildman–Crippen LogP) is 0.296. The van der Waals surface area contributed by atoms with Crippen molar-refractivity contribution < 1.29 is 4.74 Å². The molecule has 2 saturated heterocycles. The minimum absolute atomic E-state index is 0.422. The van der Waals surface area contributed by atoms with Gasteiger partial charge in [-0.2, -0.15) is 4.98 Å². The highest BCUT2D eigenvalue weighted by molar-refractivity contribution is 5.53. The van der Waals surface area contributed by atoms with E-state index in [-0.39, 0.29) is 0 Å². The zero-order valence-electron chi connectivity index (χ0n) is 15.0. The lowest BCUT2D eigenvalue weighted by Gasteiger charge is -2.38. The van der Waals surface area contributed by atoms with Gasteiger partial charge in [0.2, 0.25) is 5.95 Å². The predicted molar refractivity (Wildman–Crippen MR) is 98.9 cm³/mol. The number of anilines is 2. The van der Waals surface area contributed by atoms with Gasteiger partial charge in [0, 0.05) is 51.3 Å². The summed E-state index contributed by atoms with van der Waals surface area (Å²) in [5, 5.41) is 3.46. The van der Waals surface area contributed by atoms with Crippen molar-refractivity contribution in [3.63, 3.8) is 0 Å². The van der Waals surface area contributed by atoms with Gasteiger partial charge in [-0.3, -0.25) is 4.90 Å². The molecule has 3 aliphatic rings. The highest BCUT2D eigenvalue weighted by atomic mass is 16.5. The van der Waals surface area contributed by atoms with E-state index in [4.69, 9.17) is 10.5 Å². The molecule has 4 heterocycles. The van der Waals surface area contributed by atoms with Gasteiger partial charge >= 0.3 is 0 Å². The molecule has 2 fully saturated rings. The third-order valence-electron chi connectivity index (χ3n) is 5.62. The first kappa shape index (κ1) is 17.0. The SMILES string of the molecule is Nc1nc2c(c(N3CCCC(CN4CCOCC4)C3)n1)CCNCC2. The maximum Gasteiger partial charge on any atom is 0.222 e. The number of aromatic nitrogens is 2. The molecule has 0 aromatic carbocycles. The summed E-state index contributed by atoms with van der Waals surface area (Å²) in [5.74, 6) is 2.21. The second kappa shape index (κ2) is 7.85.